The molecule has 2 aliphatic carbocycles. The van der Waals surface area contributed by atoms with Crippen LogP contribution in [0.15, 0.2) is 85.0 Å². The number of hydrogen-bond donors (Lipinski definition) is 0. The van der Waals surface area contributed by atoms with E-state index in [1.807, 2.05) is 12.2 Å². The molecular formula is C43H44Cl2F6Hf. The minimum absolute atomic E-state index is 0. The second-order valence-electron chi connectivity index (χ2n) is 14.7. The van der Waals surface area contributed by atoms with Crippen LogP contribution in [0.4, 0.5) is 26.3 Å². The van der Waals surface area contributed by atoms with Gasteiger partial charge in [0.05, 0.1) is 0 Å². The molecule has 0 fully saturated rings. The average Bonchev–Trinajstić information content (AvgIpc) is 3.70. The molecule has 6 rings (SSSR count). The van der Waals surface area contributed by atoms with E-state index in [9.17, 15) is 26.3 Å². The summed E-state index contributed by atoms with van der Waals surface area (Å²) in [4.78, 5) is 0. The van der Waals surface area contributed by atoms with E-state index in [1.165, 1.54) is 68.8 Å². The number of allylic oxidation sites excluding steroid dienone is 4. The Hall–Kier alpha value is -2.74. The molecule has 0 saturated heterocycles. The average molecular weight is 924 g/mol. The molecule has 52 heavy (non-hydrogen) atoms. The van der Waals surface area contributed by atoms with Crippen molar-refractivity contribution in [1.29, 1.82) is 0 Å². The van der Waals surface area contributed by atoms with Crippen molar-refractivity contribution in [3.63, 3.8) is 0 Å². The Labute approximate surface area is 331 Å². The molecule has 276 valence electrons. The summed E-state index contributed by atoms with van der Waals surface area (Å²) in [5.74, 6) is 0. The van der Waals surface area contributed by atoms with E-state index >= 15 is 0 Å². The van der Waals surface area contributed by atoms with Crippen LogP contribution < -0.4 is 0 Å². The van der Waals surface area contributed by atoms with E-state index in [1.54, 1.807) is 0 Å². The molecule has 0 amide bonds. The van der Waals surface area contributed by atoms with Crippen LogP contribution in [-0.4, -0.2) is 3.26 Å². The minimum atomic E-state index is -4.48. The molecule has 0 aliphatic heterocycles. The molecule has 0 atom stereocenters. The van der Waals surface area contributed by atoms with E-state index in [0.29, 0.717) is 38.3 Å². The topological polar surface area (TPSA) is 0 Å². The van der Waals surface area contributed by atoms with Gasteiger partial charge in [-0.2, -0.15) is 23.8 Å². The van der Waals surface area contributed by atoms with Gasteiger partial charge in [0.2, 0.25) is 0 Å². The summed E-state index contributed by atoms with van der Waals surface area (Å²) < 4.78 is 76.7. The van der Waals surface area contributed by atoms with Crippen molar-refractivity contribution < 1.29 is 50.2 Å². The number of rotatable bonds is 2. The molecule has 0 saturated carbocycles. The fourth-order valence-electron chi connectivity index (χ4n) is 6.23. The summed E-state index contributed by atoms with van der Waals surface area (Å²) in [6, 6.07) is 20.2. The van der Waals surface area contributed by atoms with Gasteiger partial charge in [0.1, 0.15) is 0 Å². The van der Waals surface area contributed by atoms with Crippen molar-refractivity contribution in [1.82, 2.24) is 0 Å². The standard InChI is InChI=1S/C23H29.C15H8F6.C5H5.2ClH.Hf/c1-14-9-16-11-17-10-15(2)21(23(6,7)8)13-19(17)18(16)12-20(14)22(3,4)5;16-14(17,18)12-5-1-3-10(8-12)7-11-4-2-6-13(9-11)15(19,20)21;1-2-4-5-3-1;;;/h9,12-13H,11H2,1-8H3;1-6,8-9H;1-3H,4H2;2*1H;/q-1;;-1;;;+2. The zero-order chi connectivity index (χ0) is 37.2. The Balaban J connectivity index is 0.000000307. The molecule has 0 radical (unpaired) electrons. The van der Waals surface area contributed by atoms with Gasteiger partial charge in [-0.1, -0.05) is 71.6 Å². The molecule has 0 heterocycles. The molecule has 0 aromatic heterocycles. The second-order valence-corrected chi connectivity index (χ2v) is 16.5. The Kier molecular flexibility index (Phi) is 15.4. The van der Waals surface area contributed by atoms with Gasteiger partial charge in [-0.3, -0.25) is 6.08 Å². The first-order valence-electron chi connectivity index (χ1n) is 16.4. The zero-order valence-corrected chi connectivity index (χ0v) is 35.8. The number of hydrogen-bond acceptors (Lipinski definition) is 0. The fraction of sp³-hybridized carbons (Fsp3) is 0.326. The van der Waals surface area contributed by atoms with Crippen molar-refractivity contribution in [3.05, 3.63) is 153 Å². The monoisotopic (exact) mass is 924 g/mol. The van der Waals surface area contributed by atoms with E-state index in [4.69, 9.17) is 0 Å². The number of fused-ring (bicyclic) bond motifs is 3. The van der Waals surface area contributed by atoms with E-state index < -0.39 is 23.5 Å². The maximum absolute atomic E-state index is 12.7. The maximum atomic E-state index is 12.7. The third-order valence-corrected chi connectivity index (χ3v) is 10.7. The summed E-state index contributed by atoms with van der Waals surface area (Å²) >= 11 is 0.316. The smallest absolute Gasteiger partial charge is 0.109 e. The van der Waals surface area contributed by atoms with Crippen molar-refractivity contribution in [2.24, 2.45) is 0 Å². The first kappa shape index (κ1) is 45.4. The van der Waals surface area contributed by atoms with Crippen molar-refractivity contribution >= 4 is 28.1 Å². The molecule has 2 aliphatic rings. The summed E-state index contributed by atoms with van der Waals surface area (Å²) in [7, 11) is 0. The van der Waals surface area contributed by atoms with E-state index in [0.717, 1.165) is 37.1 Å². The fourth-order valence-corrected chi connectivity index (χ4v) is 7.35. The third kappa shape index (κ3) is 11.4. The zero-order valence-electron chi connectivity index (χ0n) is 30.6. The van der Waals surface area contributed by atoms with Gasteiger partial charge in [0.15, 0.2) is 0 Å². The molecular weight excluding hydrogens is 880 g/mol. The number of alkyl halides is 6. The predicted molar refractivity (Wildman–Crippen MR) is 203 cm³/mol. The summed E-state index contributed by atoms with van der Waals surface area (Å²) in [5, 5.41) is 0. The second kappa shape index (κ2) is 17.6. The molecule has 9 heteroatoms. The van der Waals surface area contributed by atoms with Gasteiger partial charge in [-0.15, -0.1) is 47.9 Å². The van der Waals surface area contributed by atoms with Gasteiger partial charge in [-0.05, 0) is 35.4 Å². The van der Waals surface area contributed by atoms with Gasteiger partial charge < -0.3 is 0 Å². The van der Waals surface area contributed by atoms with Gasteiger partial charge >= 0.3 is 137 Å². The number of aryl methyl sites for hydroxylation is 2. The maximum Gasteiger partial charge on any atom is -0.109 e. The molecule has 0 N–H and O–H groups in total. The summed E-state index contributed by atoms with van der Waals surface area (Å²) in [5.41, 5.74) is 10.6. The molecule has 0 nitrogen and oxygen atoms in total. The van der Waals surface area contributed by atoms with Gasteiger partial charge in [0, 0.05) is 0 Å². The van der Waals surface area contributed by atoms with Crippen molar-refractivity contribution in [2.45, 2.75) is 91.4 Å². The van der Waals surface area contributed by atoms with E-state index in [2.05, 4.69) is 91.8 Å². The molecule has 4 aromatic rings. The van der Waals surface area contributed by atoms with Gasteiger partial charge in [0.25, 0.3) is 0 Å². The number of halogens is 8. The summed E-state index contributed by atoms with van der Waals surface area (Å²) in [6.45, 7) is 18.2. The van der Waals surface area contributed by atoms with Crippen molar-refractivity contribution in [3.8, 4) is 11.1 Å². The first-order chi connectivity index (χ1) is 23.1. The van der Waals surface area contributed by atoms with Crippen molar-refractivity contribution in [2.75, 3.05) is 0 Å². The molecule has 0 unspecified atom stereocenters. The van der Waals surface area contributed by atoms with Crippen LogP contribution in [0.2, 0.25) is 0 Å². The van der Waals surface area contributed by atoms with Crippen LogP contribution in [-0.2, 0) is 53.5 Å². The summed E-state index contributed by atoms with van der Waals surface area (Å²) in [6.07, 6.45) is 2.07. The Morgan fingerprint density at radius 2 is 1.17 bits per heavy atom. The Morgan fingerprint density at radius 1 is 0.673 bits per heavy atom. The van der Waals surface area contributed by atoms with Crippen LogP contribution in [0.3, 0.4) is 0 Å². The van der Waals surface area contributed by atoms with Crippen LogP contribution in [0.25, 0.3) is 11.1 Å². The Morgan fingerprint density at radius 3 is 1.58 bits per heavy atom. The Bertz CT molecular complexity index is 1800. The quantitative estimate of drug-likeness (QED) is 0.0940. The molecule has 0 bridgehead atoms. The van der Waals surface area contributed by atoms with Crippen LogP contribution in [0.5, 0.6) is 0 Å². The van der Waals surface area contributed by atoms with Crippen LogP contribution in [0.1, 0.15) is 104 Å². The normalized spacial score (nSPS) is 13.1. The third-order valence-electron chi connectivity index (χ3n) is 8.62. The van der Waals surface area contributed by atoms with E-state index in [-0.39, 0.29) is 35.6 Å². The molecule has 4 aromatic carbocycles. The predicted octanol–water partition coefficient (Wildman–Crippen LogP) is 13.3. The van der Waals surface area contributed by atoms with Crippen LogP contribution in [0, 0.1) is 26.0 Å². The number of benzene rings is 4. The largest absolute Gasteiger partial charge is 0.273 e. The van der Waals surface area contributed by atoms with Crippen LogP contribution >= 0.6 is 24.8 Å². The first-order valence-corrected chi connectivity index (χ1v) is 18.2. The minimum Gasteiger partial charge on any atom is -0.273 e. The SMILES string of the molecule is Cc1[c-]c2c(cc1C(C)(C)C)-c1cc(C(C)(C)C)c(C)cc1C2.Cl.Cl.FC(F)(F)c1cccc([C](=[Hf+2])c2cccc(C(F)(F)F)c2)c1.[C-]1=CC=CC1. The molecule has 0 spiro atoms. The van der Waals surface area contributed by atoms with Gasteiger partial charge in [-0.25, -0.2) is 12.2 Å².